The first-order valence-electron chi connectivity index (χ1n) is 18.9. The van der Waals surface area contributed by atoms with Crippen LogP contribution < -0.4 is 20.5 Å². The number of ether oxygens (including phenoxy) is 2. The lowest BCUT2D eigenvalue weighted by Gasteiger charge is -2.12. The van der Waals surface area contributed by atoms with Gasteiger partial charge in [-0.3, -0.25) is 13.7 Å². The Hall–Kier alpha value is -7.61. The first-order chi connectivity index (χ1) is 31.1. The molecule has 0 aliphatic carbocycles. The van der Waals surface area contributed by atoms with Crippen LogP contribution in [0.25, 0.3) is 21.5 Å². The maximum absolute atomic E-state index is 12.5. The lowest BCUT2D eigenvalue weighted by atomic mass is 10.1. The molecule has 21 nitrogen and oxygen atoms in total. The van der Waals surface area contributed by atoms with Gasteiger partial charge in [-0.05, 0) is 95.6 Å². The summed E-state index contributed by atoms with van der Waals surface area (Å²) in [6.45, 7) is 2.09. The van der Waals surface area contributed by atoms with Crippen LogP contribution in [-0.4, -0.2) is 63.3 Å². The average molecular weight is 957 g/mol. The minimum atomic E-state index is -4.96. The van der Waals surface area contributed by atoms with Crippen LogP contribution in [0.1, 0.15) is 11.1 Å². The number of azo groups is 3. The monoisotopic (exact) mass is 956 g/mol. The van der Waals surface area contributed by atoms with Crippen molar-refractivity contribution in [3.63, 3.8) is 0 Å². The number of nitrogens with zero attached hydrogens (tertiary/aromatic N) is 6. The quantitative estimate of drug-likeness (QED) is 0.0303. The number of fused-ring (bicyclic) bond motifs is 2. The molecule has 0 heterocycles. The van der Waals surface area contributed by atoms with E-state index in [1.165, 1.54) is 50.6 Å². The molecule has 0 saturated heterocycles. The highest BCUT2D eigenvalue weighted by atomic mass is 32.2. The van der Waals surface area contributed by atoms with E-state index in [1.54, 1.807) is 37.3 Å². The molecule has 0 bridgehead atoms. The third-order valence-electron chi connectivity index (χ3n) is 9.82. The summed E-state index contributed by atoms with van der Waals surface area (Å²) in [5.74, 6) is -0.906. The summed E-state index contributed by atoms with van der Waals surface area (Å²) in [6, 6.07) is 24.2. The molecule has 0 saturated carbocycles. The van der Waals surface area contributed by atoms with E-state index in [-0.39, 0.29) is 61.5 Å². The number of aromatic hydroxyl groups is 2. The predicted molar refractivity (Wildman–Crippen MR) is 242 cm³/mol. The van der Waals surface area contributed by atoms with Crippen molar-refractivity contribution in [3.8, 4) is 23.0 Å². The molecule has 0 aliphatic heterocycles. The summed E-state index contributed by atoms with van der Waals surface area (Å²) < 4.78 is 113. The number of nitrogens with two attached hydrogens (primary N) is 1. The molecule has 0 fully saturated rings. The third kappa shape index (κ3) is 10.2. The van der Waals surface area contributed by atoms with Crippen molar-refractivity contribution in [2.24, 2.45) is 30.7 Å². The van der Waals surface area contributed by atoms with Gasteiger partial charge in [0.1, 0.15) is 49.8 Å². The number of aryl methyl sites for hydroxylation is 1. The molecule has 0 aliphatic rings. The van der Waals surface area contributed by atoms with Crippen molar-refractivity contribution in [2.75, 3.05) is 25.3 Å². The van der Waals surface area contributed by atoms with Crippen molar-refractivity contribution in [3.05, 3.63) is 114 Å². The fraction of sp³-hybridized carbons (Fsp3) is 0.0952. The van der Waals surface area contributed by atoms with Gasteiger partial charge in [-0.25, -0.2) is 0 Å². The predicted octanol–water partition coefficient (Wildman–Crippen LogP) is 9.91. The Balaban J connectivity index is 1.14. The van der Waals surface area contributed by atoms with Crippen molar-refractivity contribution in [2.45, 2.75) is 28.2 Å². The lowest BCUT2D eigenvalue weighted by molar-refractivity contribution is 0.413. The number of phenolic OH excluding ortho intramolecular Hbond substituents is 2. The zero-order valence-corrected chi connectivity index (χ0v) is 37.0. The highest BCUT2D eigenvalue weighted by molar-refractivity contribution is 7.87. The number of hydrogen-bond donors (Lipinski definition) is 7. The molecule has 66 heavy (non-hydrogen) atoms. The lowest BCUT2D eigenvalue weighted by Crippen LogP contribution is -2.04. The van der Waals surface area contributed by atoms with Crippen molar-refractivity contribution < 1.29 is 58.6 Å². The molecule has 0 unspecified atom stereocenters. The van der Waals surface area contributed by atoms with Crippen molar-refractivity contribution in [1.29, 1.82) is 0 Å². The largest absolute Gasteiger partial charge is 0.506 e. The van der Waals surface area contributed by atoms with Gasteiger partial charge in [0.2, 0.25) is 0 Å². The van der Waals surface area contributed by atoms with Gasteiger partial charge in [0.15, 0.2) is 5.75 Å². The summed E-state index contributed by atoms with van der Waals surface area (Å²) in [6.07, 6.45) is 0. The van der Waals surface area contributed by atoms with Crippen LogP contribution >= 0.6 is 0 Å². The van der Waals surface area contributed by atoms with Gasteiger partial charge in [-0.2, -0.15) is 35.5 Å². The highest BCUT2D eigenvalue weighted by Gasteiger charge is 2.24. The van der Waals surface area contributed by atoms with E-state index in [1.807, 2.05) is 12.1 Å². The molecular formula is C42H36N8O13S3. The number of nitrogen functional groups attached to an aromatic ring is 1. The Morgan fingerprint density at radius 1 is 0.576 bits per heavy atom. The number of hydrogen-bond acceptors (Lipinski definition) is 18. The van der Waals surface area contributed by atoms with Crippen LogP contribution in [0, 0.1) is 6.92 Å². The maximum atomic E-state index is 12.5. The number of rotatable bonds is 14. The second kappa shape index (κ2) is 18.1. The Bertz CT molecular complexity index is 3530. The van der Waals surface area contributed by atoms with E-state index in [4.69, 9.17) is 15.2 Å². The summed E-state index contributed by atoms with van der Waals surface area (Å²) in [7, 11) is -12.0. The van der Waals surface area contributed by atoms with E-state index >= 15 is 0 Å². The van der Waals surface area contributed by atoms with Gasteiger partial charge in [-0.15, -0.1) is 20.5 Å². The van der Waals surface area contributed by atoms with Gasteiger partial charge in [0.05, 0.1) is 30.5 Å². The Kier molecular flexibility index (Phi) is 12.7. The van der Waals surface area contributed by atoms with Crippen LogP contribution in [0.3, 0.4) is 0 Å². The SMILES string of the molecule is COc1cc(N=Nc2ccc3cc(S(=O)(=O)O)cc(S(=O)(=O)O)c3c2)c(C)cc1N=Nc1cc(O)c(N=Nc2c(S(=O)(=O)O)cc3cc(NCc4ccc(N)cc4)ccc3c2O)cc1OC. The van der Waals surface area contributed by atoms with Crippen LogP contribution in [-0.2, 0) is 36.9 Å². The van der Waals surface area contributed by atoms with Crippen LogP contribution in [0.5, 0.6) is 23.0 Å². The average Bonchev–Trinajstić information content (AvgIpc) is 3.26. The van der Waals surface area contributed by atoms with Crippen LogP contribution in [0.15, 0.2) is 149 Å². The van der Waals surface area contributed by atoms with E-state index < -0.39 is 62.2 Å². The smallest absolute Gasteiger partial charge is 0.296 e. The molecule has 0 radical (unpaired) electrons. The van der Waals surface area contributed by atoms with E-state index in [0.717, 1.165) is 23.8 Å². The molecule has 8 N–H and O–H groups in total. The van der Waals surface area contributed by atoms with Gasteiger partial charge in [-0.1, -0.05) is 18.2 Å². The molecule has 0 aromatic heterocycles. The maximum Gasteiger partial charge on any atom is 0.296 e. The molecule has 24 heteroatoms. The molecule has 0 atom stereocenters. The van der Waals surface area contributed by atoms with E-state index in [0.29, 0.717) is 29.5 Å². The number of methoxy groups -OCH3 is 2. The number of benzene rings is 7. The Morgan fingerprint density at radius 3 is 1.83 bits per heavy atom. The van der Waals surface area contributed by atoms with E-state index in [9.17, 15) is 49.1 Å². The standard InChI is InChI=1S/C42H36N8O13S3/c1-22-12-34(37(62-2)19-32(22)46-45-28-9-6-24-14-29(64(53,54)55)17-39(31(24)16-28)65(56,57)58)48-49-35-18-36(51)33(20-38(35)63-3)47-50-41-40(66(59,60)61)15-25-13-27(10-11-30(25)42(41)52)44-21-23-4-7-26(43)8-5-23/h4-20,44,51-52H,21,43H2,1-3H3,(H,53,54,55)(H,56,57,58)(H,59,60,61). The third-order valence-corrected chi connectivity index (χ3v) is 12.4. The normalized spacial score (nSPS) is 12.5. The molecule has 340 valence electrons. The second-order valence-electron chi connectivity index (χ2n) is 14.3. The topological polar surface area (TPSA) is 334 Å². The zero-order valence-electron chi connectivity index (χ0n) is 34.5. The Morgan fingerprint density at radius 2 is 1.20 bits per heavy atom. The first-order valence-corrected chi connectivity index (χ1v) is 23.2. The van der Waals surface area contributed by atoms with Crippen LogP contribution in [0.2, 0.25) is 0 Å². The minimum Gasteiger partial charge on any atom is -0.506 e. The summed E-state index contributed by atoms with van der Waals surface area (Å²) in [4.78, 5) is -2.25. The molecule has 7 rings (SSSR count). The Labute approximate surface area is 375 Å². The van der Waals surface area contributed by atoms with E-state index in [2.05, 4.69) is 36.0 Å². The molecular weight excluding hydrogens is 921 g/mol. The van der Waals surface area contributed by atoms with Crippen LogP contribution in [0.4, 0.5) is 45.5 Å². The van der Waals surface area contributed by atoms with Crippen molar-refractivity contribution in [1.82, 2.24) is 0 Å². The van der Waals surface area contributed by atoms with Gasteiger partial charge in [0, 0.05) is 46.9 Å². The minimum absolute atomic E-state index is 0.00896. The fourth-order valence-electron chi connectivity index (χ4n) is 6.51. The van der Waals surface area contributed by atoms with Crippen molar-refractivity contribution >= 4 is 97.4 Å². The zero-order chi connectivity index (χ0) is 47.7. The number of nitrogens with one attached hydrogen (secondary N) is 1. The highest BCUT2D eigenvalue weighted by Crippen LogP contribution is 2.45. The first kappa shape index (κ1) is 46.4. The molecule has 7 aromatic rings. The van der Waals surface area contributed by atoms with Gasteiger partial charge < -0.3 is 30.7 Å². The fourth-order valence-corrected chi connectivity index (χ4v) is 8.51. The summed E-state index contributed by atoms with van der Waals surface area (Å²) >= 11 is 0. The second-order valence-corrected chi connectivity index (χ2v) is 18.5. The number of anilines is 2. The molecule has 7 aromatic carbocycles. The summed E-state index contributed by atoms with van der Waals surface area (Å²) in [5, 5.41) is 50.5. The molecule has 0 spiro atoms. The van der Waals surface area contributed by atoms with Gasteiger partial charge >= 0.3 is 0 Å². The molecule has 0 amide bonds. The number of phenols is 2. The summed E-state index contributed by atoms with van der Waals surface area (Å²) in [5.41, 5.74) is 8.18. The van der Waals surface area contributed by atoms with Gasteiger partial charge in [0.25, 0.3) is 30.4 Å².